The van der Waals surface area contributed by atoms with E-state index in [0.717, 1.165) is 19.3 Å². The second kappa shape index (κ2) is 4.31. The van der Waals surface area contributed by atoms with Crippen LogP contribution in [0.3, 0.4) is 0 Å². The summed E-state index contributed by atoms with van der Waals surface area (Å²) in [5.41, 5.74) is 0. The first-order valence-electron chi connectivity index (χ1n) is 3.74. The Morgan fingerprint density at radius 2 is 2.36 bits per heavy atom. The monoisotopic (exact) mass is 160 g/mol. The van der Waals surface area contributed by atoms with Gasteiger partial charge in [0.15, 0.2) is 0 Å². The summed E-state index contributed by atoms with van der Waals surface area (Å²) in [5.74, 6) is -0.445. The van der Waals surface area contributed by atoms with E-state index in [1.54, 1.807) is 0 Å². The highest BCUT2D eigenvalue weighted by atomic mass is 17.2. The Labute approximate surface area is 65.4 Å². The van der Waals surface area contributed by atoms with Crippen molar-refractivity contribution in [3.8, 4) is 0 Å². The van der Waals surface area contributed by atoms with E-state index < -0.39 is 5.97 Å². The average molecular weight is 160 g/mol. The zero-order valence-electron chi connectivity index (χ0n) is 6.54. The molecule has 1 unspecified atom stereocenters. The first-order chi connectivity index (χ1) is 5.29. The third-order valence-corrected chi connectivity index (χ3v) is 1.41. The maximum atomic E-state index is 10.3. The second-order valence-corrected chi connectivity index (χ2v) is 2.47. The molecule has 0 bridgehead atoms. The highest BCUT2D eigenvalue weighted by Crippen LogP contribution is 2.13. The van der Waals surface area contributed by atoms with Gasteiger partial charge in [0.2, 0.25) is 6.29 Å². The van der Waals surface area contributed by atoms with Gasteiger partial charge in [-0.2, -0.15) is 4.89 Å². The Balaban J connectivity index is 2.09. The first kappa shape index (κ1) is 8.49. The average Bonchev–Trinajstić information content (AvgIpc) is 2.03. The summed E-state index contributed by atoms with van der Waals surface area (Å²) in [4.78, 5) is 19.3. The first-order valence-corrected chi connectivity index (χ1v) is 3.74. The van der Waals surface area contributed by atoms with Crippen molar-refractivity contribution >= 4 is 5.97 Å². The summed E-state index contributed by atoms with van der Waals surface area (Å²) >= 11 is 0. The summed E-state index contributed by atoms with van der Waals surface area (Å²) in [7, 11) is 0. The van der Waals surface area contributed by atoms with E-state index in [1.165, 1.54) is 6.92 Å². The van der Waals surface area contributed by atoms with E-state index in [-0.39, 0.29) is 6.29 Å². The van der Waals surface area contributed by atoms with Gasteiger partial charge in [-0.05, 0) is 12.8 Å². The molecule has 1 aliphatic rings. The normalized spacial score (nSPS) is 24.6. The van der Waals surface area contributed by atoms with Gasteiger partial charge in [-0.1, -0.05) is 0 Å². The highest BCUT2D eigenvalue weighted by molar-refractivity contribution is 5.65. The molecule has 4 nitrogen and oxygen atoms in total. The van der Waals surface area contributed by atoms with Crippen LogP contribution in [0.5, 0.6) is 0 Å². The third kappa shape index (κ3) is 3.34. The van der Waals surface area contributed by atoms with Crippen molar-refractivity contribution in [1.29, 1.82) is 0 Å². The molecule has 11 heavy (non-hydrogen) atoms. The molecule has 1 atom stereocenters. The molecule has 0 aromatic rings. The van der Waals surface area contributed by atoms with E-state index in [1.807, 2.05) is 0 Å². The largest absolute Gasteiger partial charge is 0.349 e. The molecule has 0 spiro atoms. The molecule has 0 radical (unpaired) electrons. The molecule has 4 heteroatoms. The minimum absolute atomic E-state index is 0.354. The number of hydrogen-bond acceptors (Lipinski definition) is 4. The molecular weight excluding hydrogens is 148 g/mol. The third-order valence-electron chi connectivity index (χ3n) is 1.41. The minimum Gasteiger partial charge on any atom is -0.349 e. The van der Waals surface area contributed by atoms with Crippen LogP contribution in [-0.4, -0.2) is 18.9 Å². The van der Waals surface area contributed by atoms with Crippen LogP contribution in [0.4, 0.5) is 0 Å². The lowest BCUT2D eigenvalue weighted by molar-refractivity contribution is -0.357. The summed E-state index contributed by atoms with van der Waals surface area (Å²) < 4.78 is 5.13. The van der Waals surface area contributed by atoms with Gasteiger partial charge in [-0.3, -0.25) is 4.89 Å². The maximum absolute atomic E-state index is 10.3. The van der Waals surface area contributed by atoms with Gasteiger partial charge in [0.25, 0.3) is 0 Å². The van der Waals surface area contributed by atoms with Gasteiger partial charge in [0, 0.05) is 20.0 Å². The Kier molecular flexibility index (Phi) is 3.32. The Hall–Kier alpha value is -0.610. The molecule has 1 heterocycles. The fraction of sp³-hybridized carbons (Fsp3) is 0.857. The molecule has 1 saturated heterocycles. The smallest absolute Gasteiger partial charge is 0.339 e. The van der Waals surface area contributed by atoms with Crippen molar-refractivity contribution < 1.29 is 19.3 Å². The van der Waals surface area contributed by atoms with Gasteiger partial charge in [0.05, 0.1) is 0 Å². The lowest BCUT2D eigenvalue weighted by Gasteiger charge is -2.20. The molecule has 0 aromatic heterocycles. The predicted molar refractivity (Wildman–Crippen MR) is 36.4 cm³/mol. The fourth-order valence-electron chi connectivity index (χ4n) is 0.908. The lowest BCUT2D eigenvalue weighted by atomic mass is 10.2. The van der Waals surface area contributed by atoms with Crippen molar-refractivity contribution in [1.82, 2.24) is 0 Å². The SMILES string of the molecule is CC(=O)OOC1CCCCO1. The van der Waals surface area contributed by atoms with Gasteiger partial charge >= 0.3 is 5.97 Å². The fourth-order valence-corrected chi connectivity index (χ4v) is 0.908. The van der Waals surface area contributed by atoms with Gasteiger partial charge in [0.1, 0.15) is 0 Å². The van der Waals surface area contributed by atoms with Crippen LogP contribution in [-0.2, 0) is 19.3 Å². The number of carbonyl (C=O) groups is 1. The summed E-state index contributed by atoms with van der Waals surface area (Å²) in [6, 6.07) is 0. The minimum atomic E-state index is -0.445. The van der Waals surface area contributed by atoms with Crippen LogP contribution in [0.2, 0.25) is 0 Å². The van der Waals surface area contributed by atoms with E-state index >= 15 is 0 Å². The maximum Gasteiger partial charge on any atom is 0.339 e. The van der Waals surface area contributed by atoms with E-state index in [2.05, 4.69) is 9.78 Å². The molecule has 1 fully saturated rings. The number of ether oxygens (including phenoxy) is 1. The van der Waals surface area contributed by atoms with Crippen LogP contribution >= 0.6 is 0 Å². The summed E-state index contributed by atoms with van der Waals surface area (Å²) in [6.45, 7) is 1.98. The molecule has 0 aromatic carbocycles. The van der Waals surface area contributed by atoms with Crippen LogP contribution in [0.15, 0.2) is 0 Å². The Bertz CT molecular complexity index is 128. The van der Waals surface area contributed by atoms with Crippen molar-refractivity contribution in [2.45, 2.75) is 32.5 Å². The zero-order chi connectivity index (χ0) is 8.10. The molecule has 1 aliphatic heterocycles. The highest BCUT2D eigenvalue weighted by Gasteiger charge is 2.15. The van der Waals surface area contributed by atoms with Crippen LogP contribution in [0.25, 0.3) is 0 Å². The van der Waals surface area contributed by atoms with Gasteiger partial charge in [-0.25, -0.2) is 4.79 Å². The van der Waals surface area contributed by atoms with Crippen molar-refractivity contribution in [3.05, 3.63) is 0 Å². The van der Waals surface area contributed by atoms with Gasteiger partial charge in [-0.15, -0.1) is 0 Å². The van der Waals surface area contributed by atoms with Crippen molar-refractivity contribution in [3.63, 3.8) is 0 Å². The summed E-state index contributed by atoms with van der Waals surface area (Å²) in [5, 5.41) is 0. The molecule has 0 saturated carbocycles. The molecule has 1 rings (SSSR count). The molecule has 0 aliphatic carbocycles. The molecule has 0 N–H and O–H groups in total. The number of carbonyl (C=O) groups excluding carboxylic acids is 1. The second-order valence-electron chi connectivity index (χ2n) is 2.47. The quantitative estimate of drug-likeness (QED) is 0.446. The number of hydrogen-bond donors (Lipinski definition) is 0. The van der Waals surface area contributed by atoms with Crippen LogP contribution < -0.4 is 0 Å². The van der Waals surface area contributed by atoms with E-state index in [9.17, 15) is 4.79 Å². The topological polar surface area (TPSA) is 44.8 Å². The summed E-state index contributed by atoms with van der Waals surface area (Å²) in [6.07, 6.45) is 2.56. The van der Waals surface area contributed by atoms with Crippen LogP contribution in [0, 0.1) is 0 Å². The number of rotatable bonds is 2. The Morgan fingerprint density at radius 3 is 2.91 bits per heavy atom. The lowest BCUT2D eigenvalue weighted by Crippen LogP contribution is -2.23. The van der Waals surface area contributed by atoms with Gasteiger partial charge < -0.3 is 4.74 Å². The van der Waals surface area contributed by atoms with Crippen LogP contribution in [0.1, 0.15) is 26.2 Å². The standard InChI is InChI=1S/C7H12O4/c1-6(8)10-11-7-4-2-3-5-9-7/h7H,2-5H2,1H3. The molecule has 64 valence electrons. The molecule has 0 amide bonds. The van der Waals surface area contributed by atoms with Crippen molar-refractivity contribution in [2.24, 2.45) is 0 Å². The molecular formula is C7H12O4. The predicted octanol–water partition coefficient (Wildman–Crippen LogP) is 1.01. The zero-order valence-corrected chi connectivity index (χ0v) is 6.54. The van der Waals surface area contributed by atoms with Crippen molar-refractivity contribution in [2.75, 3.05) is 6.61 Å². The van der Waals surface area contributed by atoms with E-state index in [4.69, 9.17) is 4.74 Å². The van der Waals surface area contributed by atoms with E-state index in [0.29, 0.717) is 6.61 Å². The Morgan fingerprint density at radius 1 is 1.55 bits per heavy atom.